The average Bonchev–Trinajstić information content (AvgIpc) is 3.03. The molecule has 1 saturated heterocycles. The smallest absolute Gasteiger partial charge is 0.193 e. The van der Waals surface area contributed by atoms with E-state index >= 15 is 0 Å². The summed E-state index contributed by atoms with van der Waals surface area (Å²) in [5.41, 5.74) is 0.420. The Balaban J connectivity index is 0.00000220. The van der Waals surface area contributed by atoms with Crippen LogP contribution in [-0.2, 0) is 4.74 Å². The fraction of sp³-hybridized carbons (Fsp3) is 0.938. The molecule has 2 aliphatic rings. The second-order valence-electron chi connectivity index (χ2n) is 6.94. The van der Waals surface area contributed by atoms with E-state index in [1.165, 1.54) is 32.1 Å². The van der Waals surface area contributed by atoms with Crippen LogP contribution in [0.4, 0.5) is 0 Å². The van der Waals surface area contributed by atoms with Gasteiger partial charge < -0.3 is 15.0 Å². The van der Waals surface area contributed by atoms with Crippen molar-refractivity contribution in [1.29, 1.82) is 0 Å². The lowest BCUT2D eigenvalue weighted by molar-refractivity contribution is 0.0573. The molecule has 21 heavy (non-hydrogen) atoms. The van der Waals surface area contributed by atoms with Crippen molar-refractivity contribution in [1.82, 2.24) is 10.2 Å². The van der Waals surface area contributed by atoms with E-state index in [-0.39, 0.29) is 24.0 Å². The first-order valence-electron chi connectivity index (χ1n) is 8.18. The molecule has 0 radical (unpaired) electrons. The summed E-state index contributed by atoms with van der Waals surface area (Å²) in [6.45, 7) is 8.71. The van der Waals surface area contributed by atoms with Crippen LogP contribution < -0.4 is 5.32 Å². The molecule has 0 bridgehead atoms. The van der Waals surface area contributed by atoms with E-state index in [1.54, 1.807) is 0 Å². The fourth-order valence-corrected chi connectivity index (χ4v) is 3.20. The summed E-state index contributed by atoms with van der Waals surface area (Å²) < 4.78 is 5.88. The molecule has 2 fully saturated rings. The fourth-order valence-electron chi connectivity index (χ4n) is 3.20. The van der Waals surface area contributed by atoms with Crippen molar-refractivity contribution in [2.24, 2.45) is 10.4 Å². The van der Waals surface area contributed by atoms with E-state index in [2.05, 4.69) is 29.1 Å². The van der Waals surface area contributed by atoms with Gasteiger partial charge >= 0.3 is 0 Å². The highest BCUT2D eigenvalue weighted by molar-refractivity contribution is 14.0. The molecule has 0 aromatic carbocycles. The Labute approximate surface area is 147 Å². The molecule has 5 heteroatoms. The molecular formula is C16H32IN3O. The number of halogens is 1. The van der Waals surface area contributed by atoms with E-state index in [1.807, 2.05) is 7.05 Å². The van der Waals surface area contributed by atoms with Crippen molar-refractivity contribution >= 4 is 29.9 Å². The van der Waals surface area contributed by atoms with Crippen LogP contribution in [-0.4, -0.2) is 50.3 Å². The van der Waals surface area contributed by atoms with Crippen molar-refractivity contribution in [3.8, 4) is 0 Å². The maximum atomic E-state index is 5.88. The van der Waals surface area contributed by atoms with E-state index < -0.39 is 0 Å². The molecule has 1 saturated carbocycles. The van der Waals surface area contributed by atoms with Crippen molar-refractivity contribution in [3.05, 3.63) is 0 Å². The van der Waals surface area contributed by atoms with Gasteiger partial charge in [0.1, 0.15) is 0 Å². The minimum Gasteiger partial charge on any atom is -0.378 e. The summed E-state index contributed by atoms with van der Waals surface area (Å²) in [5, 5.41) is 3.47. The minimum absolute atomic E-state index is 0. The molecule has 1 N–H and O–H groups in total. The van der Waals surface area contributed by atoms with E-state index in [0.29, 0.717) is 11.5 Å². The lowest BCUT2D eigenvalue weighted by atomic mass is 9.93. The number of rotatable bonds is 5. The molecule has 4 nitrogen and oxygen atoms in total. The number of guanidine groups is 1. The SMILES string of the molecule is CN=C(NCCCOC1CCCC1)N1CCC(C)(C)C1.I. The summed E-state index contributed by atoms with van der Waals surface area (Å²) in [7, 11) is 1.88. The monoisotopic (exact) mass is 409 g/mol. The summed E-state index contributed by atoms with van der Waals surface area (Å²) >= 11 is 0. The molecule has 1 heterocycles. The number of aliphatic imine (C=N–C) groups is 1. The van der Waals surface area contributed by atoms with Gasteiger partial charge in [0.2, 0.25) is 0 Å². The first-order valence-corrected chi connectivity index (χ1v) is 8.18. The van der Waals surface area contributed by atoms with Gasteiger partial charge in [-0.3, -0.25) is 4.99 Å². The molecule has 0 aromatic rings. The molecule has 0 aromatic heterocycles. The first kappa shape index (κ1) is 19.0. The molecule has 1 aliphatic heterocycles. The zero-order valence-electron chi connectivity index (χ0n) is 13.9. The summed E-state index contributed by atoms with van der Waals surface area (Å²) in [4.78, 5) is 6.77. The molecule has 0 atom stereocenters. The zero-order chi connectivity index (χ0) is 14.4. The van der Waals surface area contributed by atoms with Crippen LogP contribution in [0.25, 0.3) is 0 Å². The van der Waals surface area contributed by atoms with Crippen LogP contribution in [0, 0.1) is 5.41 Å². The Bertz CT molecular complexity index is 327. The largest absolute Gasteiger partial charge is 0.378 e. The third-order valence-electron chi connectivity index (χ3n) is 4.45. The number of hydrogen-bond donors (Lipinski definition) is 1. The van der Waals surface area contributed by atoms with Crippen LogP contribution >= 0.6 is 24.0 Å². The predicted octanol–water partition coefficient (Wildman–Crippen LogP) is 3.26. The Kier molecular flexibility index (Phi) is 8.31. The average molecular weight is 409 g/mol. The van der Waals surface area contributed by atoms with Gasteiger partial charge in [0.25, 0.3) is 0 Å². The van der Waals surface area contributed by atoms with Gasteiger partial charge in [0.15, 0.2) is 5.96 Å². The molecular weight excluding hydrogens is 377 g/mol. The zero-order valence-corrected chi connectivity index (χ0v) is 16.2. The number of hydrogen-bond acceptors (Lipinski definition) is 2. The van der Waals surface area contributed by atoms with Crippen molar-refractivity contribution in [2.45, 2.75) is 58.5 Å². The lowest BCUT2D eigenvalue weighted by Crippen LogP contribution is -2.41. The maximum absolute atomic E-state index is 5.88. The summed E-state index contributed by atoms with van der Waals surface area (Å²) in [5.74, 6) is 1.05. The highest BCUT2D eigenvalue weighted by Crippen LogP contribution is 2.28. The van der Waals surface area contributed by atoms with E-state index in [9.17, 15) is 0 Å². The Morgan fingerprint density at radius 3 is 2.62 bits per heavy atom. The second-order valence-corrected chi connectivity index (χ2v) is 6.94. The van der Waals surface area contributed by atoms with Gasteiger partial charge in [-0.15, -0.1) is 24.0 Å². The van der Waals surface area contributed by atoms with Gasteiger partial charge in [-0.25, -0.2) is 0 Å². The van der Waals surface area contributed by atoms with Crippen molar-refractivity contribution in [3.63, 3.8) is 0 Å². The van der Waals surface area contributed by atoms with Crippen LogP contribution in [0.2, 0.25) is 0 Å². The van der Waals surface area contributed by atoms with Crippen LogP contribution in [0.5, 0.6) is 0 Å². The Hall–Kier alpha value is -0.0400. The lowest BCUT2D eigenvalue weighted by Gasteiger charge is -2.23. The molecule has 0 amide bonds. The van der Waals surface area contributed by atoms with E-state index in [4.69, 9.17) is 4.74 Å². The first-order chi connectivity index (χ1) is 9.61. The highest BCUT2D eigenvalue weighted by Gasteiger charge is 2.30. The van der Waals surface area contributed by atoms with Gasteiger partial charge in [-0.05, 0) is 31.1 Å². The predicted molar refractivity (Wildman–Crippen MR) is 99.6 cm³/mol. The molecule has 1 aliphatic carbocycles. The standard InChI is InChI=1S/C16H31N3O.HI/c1-16(2)9-11-19(13-16)15(17-3)18-10-6-12-20-14-7-4-5-8-14;/h14H,4-13H2,1-3H3,(H,17,18);1H. The van der Waals surface area contributed by atoms with Crippen LogP contribution in [0.1, 0.15) is 52.4 Å². The Morgan fingerprint density at radius 1 is 1.33 bits per heavy atom. The molecule has 0 spiro atoms. The number of nitrogens with one attached hydrogen (secondary N) is 1. The van der Waals surface area contributed by atoms with Gasteiger partial charge in [-0.1, -0.05) is 26.7 Å². The summed E-state index contributed by atoms with van der Waals surface area (Å²) in [6.07, 6.45) is 8.07. The quantitative estimate of drug-likeness (QED) is 0.328. The van der Waals surface area contributed by atoms with Crippen molar-refractivity contribution in [2.75, 3.05) is 33.3 Å². The maximum Gasteiger partial charge on any atom is 0.193 e. The molecule has 0 unspecified atom stereocenters. The topological polar surface area (TPSA) is 36.9 Å². The normalized spacial score (nSPS) is 22.4. The minimum atomic E-state index is 0. The molecule has 2 rings (SSSR count). The third-order valence-corrected chi connectivity index (χ3v) is 4.45. The van der Waals surface area contributed by atoms with Crippen molar-refractivity contribution < 1.29 is 4.74 Å². The van der Waals surface area contributed by atoms with Crippen LogP contribution in [0.3, 0.4) is 0 Å². The highest BCUT2D eigenvalue weighted by atomic mass is 127. The Morgan fingerprint density at radius 2 is 2.05 bits per heavy atom. The second kappa shape index (κ2) is 9.18. The number of nitrogens with zero attached hydrogens (tertiary/aromatic N) is 2. The number of ether oxygens (including phenoxy) is 1. The van der Waals surface area contributed by atoms with Gasteiger partial charge in [-0.2, -0.15) is 0 Å². The number of likely N-dealkylation sites (tertiary alicyclic amines) is 1. The van der Waals surface area contributed by atoms with Gasteiger partial charge in [0, 0.05) is 33.3 Å². The van der Waals surface area contributed by atoms with Gasteiger partial charge in [0.05, 0.1) is 6.10 Å². The molecule has 124 valence electrons. The van der Waals surface area contributed by atoms with Crippen LogP contribution in [0.15, 0.2) is 4.99 Å². The van der Waals surface area contributed by atoms with E-state index in [0.717, 1.165) is 38.6 Å². The summed E-state index contributed by atoms with van der Waals surface area (Å²) in [6, 6.07) is 0. The third kappa shape index (κ3) is 6.30.